The first kappa shape index (κ1) is 14.8. The maximum absolute atomic E-state index is 11.2. The number of hydrogen-bond acceptors (Lipinski definition) is 5. The van der Waals surface area contributed by atoms with E-state index in [9.17, 15) is 14.7 Å². The molecule has 0 spiro atoms. The zero-order chi connectivity index (χ0) is 11.3. The van der Waals surface area contributed by atoms with Crippen molar-refractivity contribution >= 4 is 11.9 Å². The second-order valence-corrected chi connectivity index (χ2v) is 2.81. The Morgan fingerprint density at radius 1 is 1.31 bits per heavy atom. The van der Waals surface area contributed by atoms with Crippen LogP contribution in [0.1, 0.15) is 11.7 Å². The maximum atomic E-state index is 11.2. The SMILES string of the molecule is NCC(=O)OC(=O)[C@H](O)c1ccccc1.[Mn]. The van der Waals surface area contributed by atoms with Gasteiger partial charge in [-0.3, -0.25) is 4.79 Å². The average molecular weight is 264 g/mol. The normalized spacial score (nSPS) is 11.1. The van der Waals surface area contributed by atoms with E-state index in [1.807, 2.05) is 0 Å². The molecule has 1 aromatic rings. The van der Waals surface area contributed by atoms with Gasteiger partial charge in [-0.2, -0.15) is 0 Å². The molecule has 0 aliphatic heterocycles. The van der Waals surface area contributed by atoms with Crippen molar-refractivity contribution in [2.45, 2.75) is 6.10 Å². The molecule has 0 amide bonds. The Morgan fingerprint density at radius 2 is 1.88 bits per heavy atom. The minimum absolute atomic E-state index is 0. The zero-order valence-electron chi connectivity index (χ0n) is 8.30. The molecule has 87 valence electrons. The molecule has 5 nitrogen and oxygen atoms in total. The second-order valence-electron chi connectivity index (χ2n) is 2.81. The van der Waals surface area contributed by atoms with Gasteiger partial charge in [0.1, 0.15) is 0 Å². The quantitative estimate of drug-likeness (QED) is 0.446. The number of aliphatic hydroxyl groups is 1. The number of carbonyl (C=O) groups excluding carboxylic acids is 2. The summed E-state index contributed by atoms with van der Waals surface area (Å²) >= 11 is 0. The minimum Gasteiger partial charge on any atom is -0.390 e. The predicted octanol–water partition coefficient (Wildman–Crippen LogP) is -0.254. The molecule has 6 heteroatoms. The van der Waals surface area contributed by atoms with Crippen LogP contribution >= 0.6 is 0 Å². The molecule has 0 saturated carbocycles. The number of benzene rings is 1. The van der Waals surface area contributed by atoms with Gasteiger partial charge in [-0.15, -0.1) is 0 Å². The summed E-state index contributed by atoms with van der Waals surface area (Å²) in [6.45, 7) is -0.396. The Bertz CT molecular complexity index is 355. The molecule has 0 aliphatic rings. The molecule has 1 atom stereocenters. The predicted molar refractivity (Wildman–Crippen MR) is 51.6 cm³/mol. The van der Waals surface area contributed by atoms with Gasteiger partial charge in [0.25, 0.3) is 0 Å². The number of rotatable bonds is 3. The summed E-state index contributed by atoms with van der Waals surface area (Å²) in [5, 5.41) is 9.47. The largest absolute Gasteiger partial charge is 0.390 e. The number of hydrogen-bond donors (Lipinski definition) is 2. The van der Waals surface area contributed by atoms with Crippen LogP contribution in [-0.2, 0) is 31.4 Å². The van der Waals surface area contributed by atoms with Crippen LogP contribution in [0.2, 0.25) is 0 Å². The molecule has 0 unspecified atom stereocenters. The number of nitrogens with two attached hydrogens (primary N) is 1. The second kappa shape index (κ2) is 7.14. The Labute approximate surface area is 103 Å². The van der Waals surface area contributed by atoms with Crippen molar-refractivity contribution in [3.63, 3.8) is 0 Å². The van der Waals surface area contributed by atoms with Gasteiger partial charge >= 0.3 is 11.9 Å². The van der Waals surface area contributed by atoms with Gasteiger partial charge in [-0.25, -0.2) is 4.79 Å². The van der Waals surface area contributed by atoms with Crippen LogP contribution in [0.4, 0.5) is 0 Å². The third-order valence-electron chi connectivity index (χ3n) is 1.72. The Morgan fingerprint density at radius 3 is 2.38 bits per heavy atom. The van der Waals surface area contributed by atoms with Gasteiger partial charge in [-0.05, 0) is 5.56 Å². The van der Waals surface area contributed by atoms with Crippen LogP contribution in [0.15, 0.2) is 30.3 Å². The Balaban J connectivity index is 0.00000225. The molecular weight excluding hydrogens is 253 g/mol. The summed E-state index contributed by atoms with van der Waals surface area (Å²) in [6, 6.07) is 8.18. The van der Waals surface area contributed by atoms with E-state index in [0.717, 1.165) is 0 Å². The van der Waals surface area contributed by atoms with Crippen molar-refractivity contribution < 1.29 is 36.5 Å². The molecule has 0 aromatic heterocycles. The van der Waals surface area contributed by atoms with Crippen molar-refractivity contribution in [3.05, 3.63) is 35.9 Å². The first-order chi connectivity index (χ1) is 7.15. The van der Waals surface area contributed by atoms with E-state index >= 15 is 0 Å². The number of esters is 2. The monoisotopic (exact) mass is 264 g/mol. The van der Waals surface area contributed by atoms with E-state index in [0.29, 0.717) is 5.56 Å². The van der Waals surface area contributed by atoms with E-state index in [1.54, 1.807) is 30.3 Å². The van der Waals surface area contributed by atoms with Crippen molar-refractivity contribution in [3.8, 4) is 0 Å². The van der Waals surface area contributed by atoms with E-state index in [4.69, 9.17) is 5.73 Å². The van der Waals surface area contributed by atoms with Crippen LogP contribution in [-0.4, -0.2) is 23.6 Å². The molecule has 3 N–H and O–H groups in total. The third-order valence-corrected chi connectivity index (χ3v) is 1.72. The standard InChI is InChI=1S/C10H11NO4.Mn/c11-6-8(12)15-10(14)9(13)7-4-2-1-3-5-7;/h1-5,9,13H,6,11H2;/t9-;/m1./s1. The Kier molecular flexibility index (Phi) is 6.60. The van der Waals surface area contributed by atoms with Crippen LogP contribution in [0.25, 0.3) is 0 Å². The van der Waals surface area contributed by atoms with Gasteiger partial charge in [0.05, 0.1) is 6.54 Å². The first-order valence-electron chi connectivity index (χ1n) is 4.32. The van der Waals surface area contributed by atoms with Gasteiger partial charge in [0.2, 0.25) is 0 Å². The van der Waals surface area contributed by atoms with E-state index in [2.05, 4.69) is 4.74 Å². The van der Waals surface area contributed by atoms with Crippen LogP contribution in [0.5, 0.6) is 0 Å². The molecule has 1 radical (unpaired) electrons. The molecule has 0 fully saturated rings. The number of ether oxygens (including phenoxy) is 1. The molecular formula is C10H11MnNO4. The van der Waals surface area contributed by atoms with Crippen LogP contribution < -0.4 is 5.73 Å². The minimum atomic E-state index is -1.46. The van der Waals surface area contributed by atoms with E-state index in [-0.39, 0.29) is 17.1 Å². The fourth-order valence-corrected chi connectivity index (χ4v) is 0.981. The summed E-state index contributed by atoms with van der Waals surface area (Å²) in [6.07, 6.45) is -1.46. The van der Waals surface area contributed by atoms with Crippen molar-refractivity contribution in [2.24, 2.45) is 5.73 Å². The first-order valence-corrected chi connectivity index (χ1v) is 4.32. The Hall–Kier alpha value is -1.20. The van der Waals surface area contributed by atoms with Crippen LogP contribution in [0.3, 0.4) is 0 Å². The summed E-state index contributed by atoms with van der Waals surface area (Å²) in [7, 11) is 0. The number of aliphatic hydroxyl groups excluding tert-OH is 1. The van der Waals surface area contributed by atoms with Crippen LogP contribution in [0, 0.1) is 0 Å². The van der Waals surface area contributed by atoms with Crippen molar-refractivity contribution in [1.82, 2.24) is 0 Å². The summed E-state index contributed by atoms with van der Waals surface area (Å²) in [5.74, 6) is -1.88. The summed E-state index contributed by atoms with van der Waals surface area (Å²) in [4.78, 5) is 21.8. The molecule has 0 saturated heterocycles. The third kappa shape index (κ3) is 4.12. The summed E-state index contributed by atoms with van der Waals surface area (Å²) in [5.41, 5.74) is 5.32. The fourth-order valence-electron chi connectivity index (χ4n) is 0.981. The van der Waals surface area contributed by atoms with Gasteiger partial charge in [-0.1, -0.05) is 30.3 Å². The van der Waals surface area contributed by atoms with E-state index < -0.39 is 24.6 Å². The molecule has 16 heavy (non-hydrogen) atoms. The van der Waals surface area contributed by atoms with Crippen molar-refractivity contribution in [2.75, 3.05) is 6.54 Å². The van der Waals surface area contributed by atoms with Gasteiger partial charge in [0.15, 0.2) is 6.10 Å². The molecule has 0 aliphatic carbocycles. The van der Waals surface area contributed by atoms with Gasteiger partial charge < -0.3 is 15.6 Å². The summed E-state index contributed by atoms with van der Waals surface area (Å²) < 4.78 is 4.26. The van der Waals surface area contributed by atoms with Crippen molar-refractivity contribution in [1.29, 1.82) is 0 Å². The smallest absolute Gasteiger partial charge is 0.347 e. The average Bonchev–Trinajstić information content (AvgIpc) is 2.29. The molecule has 0 bridgehead atoms. The molecule has 1 aromatic carbocycles. The topological polar surface area (TPSA) is 89.6 Å². The van der Waals surface area contributed by atoms with E-state index in [1.165, 1.54) is 0 Å². The fraction of sp³-hybridized carbons (Fsp3) is 0.200. The number of carbonyl (C=O) groups is 2. The zero-order valence-corrected chi connectivity index (χ0v) is 9.48. The maximum Gasteiger partial charge on any atom is 0.347 e. The van der Waals surface area contributed by atoms with Gasteiger partial charge in [0, 0.05) is 17.1 Å². The molecule has 1 rings (SSSR count). The molecule has 0 heterocycles.